The molecule has 1 aromatic heterocycles. The van der Waals surface area contributed by atoms with Crippen LogP contribution in [0.2, 0.25) is 0 Å². The van der Waals surface area contributed by atoms with E-state index in [2.05, 4.69) is 31.1 Å². The molecule has 0 radical (unpaired) electrons. The Hall–Kier alpha value is -0.450. The van der Waals surface area contributed by atoms with E-state index in [1.54, 1.807) is 11.3 Å². The van der Waals surface area contributed by atoms with Gasteiger partial charge in [0.1, 0.15) is 11.1 Å². The van der Waals surface area contributed by atoms with Crippen molar-refractivity contribution in [3.8, 4) is 0 Å². The molecular weight excluding hydrogens is 232 g/mol. The molecule has 1 rings (SSSR count). The highest BCUT2D eigenvalue weighted by Gasteiger charge is 2.15. The molecule has 2 unspecified atom stereocenters. The highest BCUT2D eigenvalue weighted by atomic mass is 32.1. The molecule has 0 aliphatic heterocycles. The van der Waals surface area contributed by atoms with Gasteiger partial charge in [-0.05, 0) is 33.2 Å². The quantitative estimate of drug-likeness (QED) is 0.770. The van der Waals surface area contributed by atoms with Crippen LogP contribution in [0.4, 0.5) is 0 Å². The molecule has 4 heteroatoms. The summed E-state index contributed by atoms with van der Waals surface area (Å²) in [5.41, 5.74) is 0. The Kier molecular flexibility index (Phi) is 6.70. The zero-order chi connectivity index (χ0) is 12.7. The van der Waals surface area contributed by atoms with E-state index in [1.807, 2.05) is 13.1 Å². The highest BCUT2D eigenvalue weighted by Crippen LogP contribution is 2.28. The Morgan fingerprint density at radius 2 is 2.18 bits per heavy atom. The highest BCUT2D eigenvalue weighted by molar-refractivity contribution is 7.11. The summed E-state index contributed by atoms with van der Waals surface area (Å²) >= 11 is 1.77. The van der Waals surface area contributed by atoms with Crippen LogP contribution >= 0.6 is 11.3 Å². The topological polar surface area (TPSA) is 34.2 Å². The lowest BCUT2D eigenvalue weighted by Crippen LogP contribution is -2.18. The van der Waals surface area contributed by atoms with Crippen molar-refractivity contribution in [2.24, 2.45) is 0 Å². The first-order valence-corrected chi connectivity index (χ1v) is 7.35. The van der Waals surface area contributed by atoms with Crippen molar-refractivity contribution in [1.82, 2.24) is 10.3 Å². The van der Waals surface area contributed by atoms with Crippen molar-refractivity contribution >= 4 is 11.3 Å². The van der Waals surface area contributed by atoms with Gasteiger partial charge in [0.15, 0.2) is 0 Å². The fraction of sp³-hybridized carbons (Fsp3) is 0.769. The Bertz CT molecular complexity index is 314. The van der Waals surface area contributed by atoms with Gasteiger partial charge in [-0.2, -0.15) is 0 Å². The third kappa shape index (κ3) is 4.37. The number of nitrogens with zero attached hydrogens (tertiary/aromatic N) is 1. The van der Waals surface area contributed by atoms with Gasteiger partial charge in [0.2, 0.25) is 0 Å². The molecule has 0 saturated heterocycles. The van der Waals surface area contributed by atoms with Crippen molar-refractivity contribution in [1.29, 1.82) is 0 Å². The van der Waals surface area contributed by atoms with Gasteiger partial charge >= 0.3 is 0 Å². The molecule has 0 aliphatic rings. The summed E-state index contributed by atoms with van der Waals surface area (Å²) in [7, 11) is 0. The van der Waals surface area contributed by atoms with Gasteiger partial charge in [-0.3, -0.25) is 0 Å². The number of thiazole rings is 1. The van der Waals surface area contributed by atoms with Gasteiger partial charge in [-0.1, -0.05) is 13.8 Å². The number of aromatic nitrogens is 1. The molecule has 0 aliphatic carbocycles. The van der Waals surface area contributed by atoms with E-state index >= 15 is 0 Å². The summed E-state index contributed by atoms with van der Waals surface area (Å²) < 4.78 is 5.68. The Balaban J connectivity index is 2.62. The lowest BCUT2D eigenvalue weighted by molar-refractivity contribution is 0.0596. The fourth-order valence-electron chi connectivity index (χ4n) is 1.68. The third-order valence-corrected chi connectivity index (χ3v) is 3.95. The summed E-state index contributed by atoms with van der Waals surface area (Å²) in [6.45, 7) is 10.3. The fourth-order valence-corrected chi connectivity index (χ4v) is 2.75. The SMILES string of the molecule is CCCNC(C)c1cnc(C(CC)OCC)s1. The average Bonchev–Trinajstić information content (AvgIpc) is 2.82. The monoisotopic (exact) mass is 256 g/mol. The number of rotatable bonds is 8. The van der Waals surface area contributed by atoms with Crippen LogP contribution in [0.1, 0.15) is 62.6 Å². The number of hydrogen-bond donors (Lipinski definition) is 1. The molecule has 17 heavy (non-hydrogen) atoms. The molecule has 0 spiro atoms. The number of ether oxygens (including phenoxy) is 1. The zero-order valence-corrected chi connectivity index (χ0v) is 12.1. The van der Waals surface area contributed by atoms with Crippen LogP contribution in [0.15, 0.2) is 6.20 Å². The molecule has 0 aromatic carbocycles. The normalized spacial score (nSPS) is 14.8. The molecule has 1 N–H and O–H groups in total. The molecule has 2 atom stereocenters. The van der Waals surface area contributed by atoms with E-state index in [1.165, 1.54) is 4.88 Å². The number of nitrogens with one attached hydrogen (secondary N) is 1. The maximum absolute atomic E-state index is 5.68. The largest absolute Gasteiger partial charge is 0.371 e. The first-order valence-electron chi connectivity index (χ1n) is 6.53. The van der Waals surface area contributed by atoms with Crippen LogP contribution in [0.5, 0.6) is 0 Å². The maximum Gasteiger partial charge on any atom is 0.122 e. The molecule has 3 nitrogen and oxygen atoms in total. The standard InChI is InChI=1S/C13H24N2OS/c1-5-8-14-10(4)12-9-15-13(17-12)11(6-2)16-7-3/h9-11,14H,5-8H2,1-4H3. The van der Waals surface area contributed by atoms with E-state index in [9.17, 15) is 0 Å². The van der Waals surface area contributed by atoms with Crippen molar-refractivity contribution in [3.63, 3.8) is 0 Å². The summed E-state index contributed by atoms with van der Waals surface area (Å²) in [4.78, 5) is 5.79. The van der Waals surface area contributed by atoms with E-state index in [0.29, 0.717) is 6.04 Å². The van der Waals surface area contributed by atoms with E-state index in [-0.39, 0.29) is 6.10 Å². The van der Waals surface area contributed by atoms with Gasteiger partial charge in [0.25, 0.3) is 0 Å². The zero-order valence-electron chi connectivity index (χ0n) is 11.3. The summed E-state index contributed by atoms with van der Waals surface area (Å²) in [5.74, 6) is 0. The van der Waals surface area contributed by atoms with Crippen LogP contribution in [0, 0.1) is 0 Å². The smallest absolute Gasteiger partial charge is 0.122 e. The first kappa shape index (κ1) is 14.6. The maximum atomic E-state index is 5.68. The van der Waals surface area contributed by atoms with Crippen LogP contribution < -0.4 is 5.32 Å². The van der Waals surface area contributed by atoms with Gasteiger partial charge in [-0.15, -0.1) is 11.3 Å². The van der Waals surface area contributed by atoms with Crippen LogP contribution in [-0.2, 0) is 4.74 Å². The molecule has 1 aromatic rings. The molecule has 1 heterocycles. The Morgan fingerprint density at radius 1 is 1.41 bits per heavy atom. The minimum atomic E-state index is 0.164. The second kappa shape index (κ2) is 7.80. The summed E-state index contributed by atoms with van der Waals surface area (Å²) in [6.07, 6.45) is 4.29. The molecule has 0 amide bonds. The van der Waals surface area contributed by atoms with E-state index in [4.69, 9.17) is 4.74 Å². The lowest BCUT2D eigenvalue weighted by Gasteiger charge is -2.12. The van der Waals surface area contributed by atoms with Crippen molar-refractivity contribution in [3.05, 3.63) is 16.1 Å². The predicted octanol–water partition coefficient (Wildman–Crippen LogP) is 3.69. The Labute approximate surface area is 109 Å². The molecule has 0 saturated carbocycles. The minimum absolute atomic E-state index is 0.164. The van der Waals surface area contributed by atoms with Crippen LogP contribution in [0.25, 0.3) is 0 Å². The van der Waals surface area contributed by atoms with Crippen LogP contribution in [-0.4, -0.2) is 18.1 Å². The predicted molar refractivity (Wildman–Crippen MR) is 73.5 cm³/mol. The molecular formula is C13H24N2OS. The second-order valence-corrected chi connectivity index (χ2v) is 5.22. The van der Waals surface area contributed by atoms with Crippen molar-refractivity contribution < 1.29 is 4.74 Å². The average molecular weight is 256 g/mol. The van der Waals surface area contributed by atoms with E-state index < -0.39 is 0 Å². The second-order valence-electron chi connectivity index (χ2n) is 4.13. The van der Waals surface area contributed by atoms with E-state index in [0.717, 1.165) is 31.0 Å². The Morgan fingerprint density at radius 3 is 2.76 bits per heavy atom. The number of hydrogen-bond acceptors (Lipinski definition) is 4. The molecule has 0 fully saturated rings. The molecule has 98 valence electrons. The minimum Gasteiger partial charge on any atom is -0.371 e. The van der Waals surface area contributed by atoms with Gasteiger partial charge in [-0.25, -0.2) is 4.98 Å². The summed E-state index contributed by atoms with van der Waals surface area (Å²) in [5, 5.41) is 4.59. The lowest BCUT2D eigenvalue weighted by atomic mass is 10.3. The van der Waals surface area contributed by atoms with Crippen molar-refractivity contribution in [2.75, 3.05) is 13.2 Å². The van der Waals surface area contributed by atoms with Gasteiger partial charge < -0.3 is 10.1 Å². The molecule has 0 bridgehead atoms. The van der Waals surface area contributed by atoms with Crippen LogP contribution in [0.3, 0.4) is 0 Å². The third-order valence-electron chi connectivity index (χ3n) is 2.68. The van der Waals surface area contributed by atoms with Gasteiger partial charge in [0.05, 0.1) is 0 Å². The first-order chi connectivity index (χ1) is 8.22. The summed E-state index contributed by atoms with van der Waals surface area (Å²) in [6, 6.07) is 0.389. The van der Waals surface area contributed by atoms with Crippen molar-refractivity contribution in [2.45, 2.75) is 52.7 Å². The van der Waals surface area contributed by atoms with Gasteiger partial charge in [0, 0.05) is 23.7 Å².